The van der Waals surface area contributed by atoms with Gasteiger partial charge in [-0.2, -0.15) is 0 Å². The Morgan fingerprint density at radius 1 is 1.19 bits per heavy atom. The minimum atomic E-state index is -0.241. The molecule has 110 valence electrons. The van der Waals surface area contributed by atoms with Crippen LogP contribution in [-0.2, 0) is 0 Å². The summed E-state index contributed by atoms with van der Waals surface area (Å²) < 4.78 is 11.6. The maximum atomic E-state index is 11.9. The third-order valence-electron chi connectivity index (χ3n) is 2.84. The van der Waals surface area contributed by atoms with Crippen molar-refractivity contribution in [1.29, 1.82) is 0 Å². The monoisotopic (exact) mass is 350 g/mol. The summed E-state index contributed by atoms with van der Waals surface area (Å²) in [6.45, 7) is 0. The van der Waals surface area contributed by atoms with Crippen LogP contribution in [0.2, 0.25) is 0 Å². The number of methoxy groups -OCH3 is 1. The number of carbonyl (C=O) groups excluding carboxylic acids is 1. The molecule has 0 aromatic heterocycles. The highest BCUT2D eigenvalue weighted by Crippen LogP contribution is 2.34. The molecule has 0 aliphatic carbocycles. The lowest BCUT2D eigenvalue weighted by Gasteiger charge is -2.13. The Morgan fingerprint density at radius 3 is 2.57 bits per heavy atom. The highest BCUT2D eigenvalue weighted by molar-refractivity contribution is 9.10. The molecule has 2 aromatic rings. The summed E-state index contributed by atoms with van der Waals surface area (Å²) >= 11 is 3.41. The number of hydrogen-bond donors (Lipinski definition) is 2. The van der Waals surface area contributed by atoms with Gasteiger partial charge in [-0.1, -0.05) is 0 Å². The lowest BCUT2D eigenvalue weighted by molar-refractivity contribution is 0.0961. The molecule has 1 amide bonds. The molecule has 21 heavy (non-hydrogen) atoms. The zero-order valence-corrected chi connectivity index (χ0v) is 13.2. The number of anilines is 1. The van der Waals surface area contributed by atoms with Gasteiger partial charge in [0.25, 0.3) is 5.91 Å². The van der Waals surface area contributed by atoms with Crippen molar-refractivity contribution >= 4 is 27.5 Å². The Kier molecular flexibility index (Phi) is 4.70. The van der Waals surface area contributed by atoms with Gasteiger partial charge >= 0.3 is 0 Å². The quantitative estimate of drug-likeness (QED) is 0.830. The average molecular weight is 351 g/mol. The van der Waals surface area contributed by atoms with E-state index >= 15 is 0 Å². The molecule has 3 N–H and O–H groups in total. The Bertz CT molecular complexity index is 674. The molecule has 0 atom stereocenters. The van der Waals surface area contributed by atoms with E-state index in [0.29, 0.717) is 33.0 Å². The third kappa shape index (κ3) is 3.46. The van der Waals surface area contributed by atoms with E-state index in [1.54, 1.807) is 50.6 Å². The predicted molar refractivity (Wildman–Crippen MR) is 85.0 cm³/mol. The third-order valence-corrected chi connectivity index (χ3v) is 3.46. The van der Waals surface area contributed by atoms with E-state index in [4.69, 9.17) is 15.2 Å². The topological polar surface area (TPSA) is 73.6 Å². The fourth-order valence-electron chi connectivity index (χ4n) is 1.76. The Labute approximate surface area is 131 Å². The van der Waals surface area contributed by atoms with Crippen LogP contribution in [0.1, 0.15) is 10.4 Å². The van der Waals surface area contributed by atoms with Crippen molar-refractivity contribution in [1.82, 2.24) is 5.32 Å². The Hall–Kier alpha value is -2.21. The summed E-state index contributed by atoms with van der Waals surface area (Å²) in [5.74, 6) is 1.41. The summed E-state index contributed by atoms with van der Waals surface area (Å²) in [6.07, 6.45) is 0. The molecule has 0 radical (unpaired) electrons. The zero-order chi connectivity index (χ0) is 15.4. The number of nitrogen functional groups attached to an aromatic ring is 1. The summed E-state index contributed by atoms with van der Waals surface area (Å²) in [4.78, 5) is 11.9. The van der Waals surface area contributed by atoms with Crippen LogP contribution in [0, 0.1) is 0 Å². The number of benzene rings is 2. The van der Waals surface area contributed by atoms with Crippen LogP contribution in [0.25, 0.3) is 0 Å². The summed E-state index contributed by atoms with van der Waals surface area (Å²) in [7, 11) is 3.15. The first-order valence-electron chi connectivity index (χ1n) is 6.18. The highest BCUT2D eigenvalue weighted by Gasteiger charge is 2.14. The van der Waals surface area contributed by atoms with Gasteiger partial charge in [0.2, 0.25) is 0 Å². The van der Waals surface area contributed by atoms with Gasteiger partial charge in [0.1, 0.15) is 17.2 Å². The molecular formula is C15H15BrN2O3. The standard InChI is InChI=1S/C15H15BrN2O3/c1-18-15(19)11-5-3-9(17)7-14(11)21-13-6-4-10(20-2)8-12(13)16/h3-8H,17H2,1-2H3,(H,18,19). The number of amides is 1. The molecule has 0 heterocycles. The van der Waals surface area contributed by atoms with Gasteiger partial charge in [-0.25, -0.2) is 0 Å². The first kappa shape index (κ1) is 15.2. The zero-order valence-electron chi connectivity index (χ0n) is 11.6. The fraction of sp³-hybridized carbons (Fsp3) is 0.133. The number of nitrogens with two attached hydrogens (primary N) is 1. The van der Waals surface area contributed by atoms with Crippen LogP contribution < -0.4 is 20.5 Å². The maximum absolute atomic E-state index is 11.9. The van der Waals surface area contributed by atoms with Gasteiger partial charge in [0, 0.05) is 18.8 Å². The lowest BCUT2D eigenvalue weighted by atomic mass is 10.1. The second-order valence-electron chi connectivity index (χ2n) is 4.23. The summed E-state index contributed by atoms with van der Waals surface area (Å²) in [5.41, 5.74) is 6.69. The van der Waals surface area contributed by atoms with E-state index in [-0.39, 0.29) is 5.91 Å². The summed E-state index contributed by atoms with van der Waals surface area (Å²) in [6, 6.07) is 10.2. The van der Waals surface area contributed by atoms with Crippen LogP contribution >= 0.6 is 15.9 Å². The first-order chi connectivity index (χ1) is 10.0. The molecule has 0 saturated heterocycles. The SMILES string of the molecule is CNC(=O)c1ccc(N)cc1Oc1ccc(OC)cc1Br. The number of ether oxygens (including phenoxy) is 2. The average Bonchev–Trinajstić information content (AvgIpc) is 2.48. The van der Waals surface area contributed by atoms with Gasteiger partial charge < -0.3 is 20.5 Å². The number of nitrogens with one attached hydrogen (secondary N) is 1. The first-order valence-corrected chi connectivity index (χ1v) is 6.97. The van der Waals surface area contributed by atoms with Crippen molar-refractivity contribution in [2.75, 3.05) is 19.9 Å². The van der Waals surface area contributed by atoms with E-state index in [1.807, 2.05) is 0 Å². The van der Waals surface area contributed by atoms with Gasteiger partial charge in [-0.3, -0.25) is 4.79 Å². The predicted octanol–water partition coefficient (Wildman–Crippen LogP) is 3.19. The van der Waals surface area contributed by atoms with Crippen molar-refractivity contribution in [3.8, 4) is 17.2 Å². The number of halogens is 1. The second kappa shape index (κ2) is 6.49. The Morgan fingerprint density at radius 2 is 1.95 bits per heavy atom. The molecule has 0 saturated carbocycles. The van der Waals surface area contributed by atoms with E-state index in [9.17, 15) is 4.79 Å². The molecule has 0 aliphatic heterocycles. The molecule has 2 rings (SSSR count). The molecule has 0 aliphatic rings. The van der Waals surface area contributed by atoms with E-state index in [1.165, 1.54) is 0 Å². The van der Waals surface area contributed by atoms with E-state index < -0.39 is 0 Å². The molecule has 0 spiro atoms. The van der Waals surface area contributed by atoms with E-state index in [0.717, 1.165) is 0 Å². The molecule has 0 bridgehead atoms. The smallest absolute Gasteiger partial charge is 0.254 e. The van der Waals surface area contributed by atoms with Crippen molar-refractivity contribution in [2.45, 2.75) is 0 Å². The molecule has 5 nitrogen and oxygen atoms in total. The van der Waals surface area contributed by atoms with E-state index in [2.05, 4.69) is 21.2 Å². The van der Waals surface area contributed by atoms with Crippen LogP contribution in [0.15, 0.2) is 40.9 Å². The van der Waals surface area contributed by atoms with Crippen LogP contribution in [-0.4, -0.2) is 20.1 Å². The fourth-order valence-corrected chi connectivity index (χ4v) is 2.19. The highest BCUT2D eigenvalue weighted by atomic mass is 79.9. The summed E-state index contributed by atoms with van der Waals surface area (Å²) in [5, 5.41) is 2.57. The molecule has 0 unspecified atom stereocenters. The van der Waals surface area contributed by atoms with Crippen molar-refractivity contribution in [3.63, 3.8) is 0 Å². The number of hydrogen-bond acceptors (Lipinski definition) is 4. The normalized spacial score (nSPS) is 10.0. The minimum Gasteiger partial charge on any atom is -0.497 e. The van der Waals surface area contributed by atoms with Gasteiger partial charge in [-0.05, 0) is 46.3 Å². The number of carbonyl (C=O) groups is 1. The largest absolute Gasteiger partial charge is 0.497 e. The van der Waals surface area contributed by atoms with Gasteiger partial charge in [0.05, 0.1) is 17.1 Å². The van der Waals surface area contributed by atoms with Gasteiger partial charge in [0.15, 0.2) is 0 Å². The molecule has 0 fully saturated rings. The maximum Gasteiger partial charge on any atom is 0.254 e. The molecular weight excluding hydrogens is 336 g/mol. The molecule has 2 aromatic carbocycles. The van der Waals surface area contributed by atoms with Gasteiger partial charge in [-0.15, -0.1) is 0 Å². The van der Waals surface area contributed by atoms with Crippen LogP contribution in [0.3, 0.4) is 0 Å². The van der Waals surface area contributed by atoms with Crippen LogP contribution in [0.5, 0.6) is 17.2 Å². The van der Waals surface area contributed by atoms with Crippen molar-refractivity contribution in [3.05, 3.63) is 46.4 Å². The lowest BCUT2D eigenvalue weighted by Crippen LogP contribution is -2.18. The molecule has 6 heteroatoms. The minimum absolute atomic E-state index is 0.241. The second-order valence-corrected chi connectivity index (χ2v) is 5.09. The van der Waals surface area contributed by atoms with Crippen molar-refractivity contribution in [2.24, 2.45) is 0 Å². The Balaban J connectivity index is 2.39. The van der Waals surface area contributed by atoms with Crippen molar-refractivity contribution < 1.29 is 14.3 Å². The number of rotatable bonds is 4. The van der Waals surface area contributed by atoms with Crippen LogP contribution in [0.4, 0.5) is 5.69 Å².